The van der Waals surface area contributed by atoms with Crippen molar-refractivity contribution in [3.8, 4) is 11.5 Å². The topological polar surface area (TPSA) is 79.9 Å². The lowest BCUT2D eigenvalue weighted by atomic mass is 10.1. The highest BCUT2D eigenvalue weighted by molar-refractivity contribution is 6.04. The summed E-state index contributed by atoms with van der Waals surface area (Å²) in [6.07, 6.45) is 2.03. The quantitative estimate of drug-likeness (QED) is 0.680. The lowest BCUT2D eigenvalue weighted by Crippen LogP contribution is -2.31. The van der Waals surface area contributed by atoms with Crippen molar-refractivity contribution in [2.45, 2.75) is 25.4 Å². The van der Waals surface area contributed by atoms with Crippen molar-refractivity contribution in [1.29, 1.82) is 0 Å². The lowest BCUT2D eigenvalue weighted by molar-refractivity contribution is -0.117. The zero-order valence-electron chi connectivity index (χ0n) is 17.0. The minimum absolute atomic E-state index is 0.155. The third-order valence-corrected chi connectivity index (χ3v) is 4.70. The van der Waals surface area contributed by atoms with E-state index in [0.29, 0.717) is 29.3 Å². The van der Waals surface area contributed by atoms with E-state index in [2.05, 4.69) is 10.6 Å². The van der Waals surface area contributed by atoms with E-state index in [1.165, 1.54) is 0 Å². The number of carbonyl (C=O) groups is 2. The molecular formula is C22H27N3O4. The number of methoxy groups -OCH3 is 2. The standard InChI is InChI=1S/C22H27N3O4/c1-25(13-15-7-6-10-19(28-2)21(15)29-3)14-20(26)24-18-9-5-4-8-17(18)22(27)23-16-11-12-16/h4-10,16H,11-14H2,1-3H3,(H,23,27)(H,24,26). The Bertz CT molecular complexity index is 880. The maximum absolute atomic E-state index is 12.6. The number of para-hydroxylation sites is 2. The third kappa shape index (κ3) is 5.48. The fraction of sp³-hybridized carbons (Fsp3) is 0.364. The van der Waals surface area contributed by atoms with Gasteiger partial charge in [-0.3, -0.25) is 14.5 Å². The summed E-state index contributed by atoms with van der Waals surface area (Å²) in [5.74, 6) is 0.960. The average Bonchev–Trinajstić information content (AvgIpc) is 3.51. The molecule has 0 spiro atoms. The molecule has 0 bridgehead atoms. The Morgan fingerprint density at radius 2 is 1.83 bits per heavy atom. The second-order valence-corrected chi connectivity index (χ2v) is 7.17. The van der Waals surface area contributed by atoms with Crippen LogP contribution in [0.3, 0.4) is 0 Å². The molecule has 0 unspecified atom stereocenters. The van der Waals surface area contributed by atoms with Crippen LogP contribution in [0.15, 0.2) is 42.5 Å². The Hall–Kier alpha value is -3.06. The van der Waals surface area contributed by atoms with E-state index >= 15 is 0 Å². The second-order valence-electron chi connectivity index (χ2n) is 7.17. The third-order valence-electron chi connectivity index (χ3n) is 4.70. The molecule has 7 heteroatoms. The molecule has 29 heavy (non-hydrogen) atoms. The van der Waals surface area contributed by atoms with Crippen LogP contribution in [0.1, 0.15) is 28.8 Å². The van der Waals surface area contributed by atoms with Crippen LogP contribution < -0.4 is 20.1 Å². The van der Waals surface area contributed by atoms with Gasteiger partial charge in [0.05, 0.1) is 32.0 Å². The summed E-state index contributed by atoms with van der Waals surface area (Å²) in [5, 5.41) is 5.81. The highest BCUT2D eigenvalue weighted by atomic mass is 16.5. The van der Waals surface area contributed by atoms with Crippen LogP contribution in [0.5, 0.6) is 11.5 Å². The van der Waals surface area contributed by atoms with Gasteiger partial charge in [-0.25, -0.2) is 0 Å². The van der Waals surface area contributed by atoms with Gasteiger partial charge in [-0.05, 0) is 38.1 Å². The monoisotopic (exact) mass is 397 g/mol. The van der Waals surface area contributed by atoms with Gasteiger partial charge in [0.25, 0.3) is 5.91 Å². The van der Waals surface area contributed by atoms with Crippen LogP contribution in [0.2, 0.25) is 0 Å². The molecule has 1 fully saturated rings. The zero-order valence-corrected chi connectivity index (χ0v) is 17.0. The number of hydrogen-bond acceptors (Lipinski definition) is 5. The number of likely N-dealkylation sites (N-methyl/N-ethyl adjacent to an activating group) is 1. The molecule has 0 saturated heterocycles. The average molecular weight is 397 g/mol. The first-order chi connectivity index (χ1) is 14.0. The largest absolute Gasteiger partial charge is 0.493 e. The van der Waals surface area contributed by atoms with Crippen LogP contribution in [0.4, 0.5) is 5.69 Å². The van der Waals surface area contributed by atoms with Crippen molar-refractivity contribution in [3.05, 3.63) is 53.6 Å². The number of amides is 2. The number of nitrogens with one attached hydrogen (secondary N) is 2. The van der Waals surface area contributed by atoms with Gasteiger partial charge in [-0.2, -0.15) is 0 Å². The van der Waals surface area contributed by atoms with Crippen molar-refractivity contribution in [2.75, 3.05) is 33.1 Å². The Labute approximate surface area is 171 Å². The van der Waals surface area contributed by atoms with E-state index in [1.807, 2.05) is 30.1 Å². The predicted molar refractivity (Wildman–Crippen MR) is 111 cm³/mol. The van der Waals surface area contributed by atoms with Gasteiger partial charge in [-0.15, -0.1) is 0 Å². The van der Waals surface area contributed by atoms with Gasteiger partial charge in [-0.1, -0.05) is 24.3 Å². The molecule has 1 saturated carbocycles. The number of rotatable bonds is 9. The van der Waals surface area contributed by atoms with Crippen LogP contribution in [0.25, 0.3) is 0 Å². The highest BCUT2D eigenvalue weighted by Crippen LogP contribution is 2.31. The van der Waals surface area contributed by atoms with E-state index in [4.69, 9.17) is 9.47 Å². The van der Waals surface area contributed by atoms with E-state index < -0.39 is 0 Å². The van der Waals surface area contributed by atoms with Gasteiger partial charge in [0.2, 0.25) is 5.91 Å². The summed E-state index contributed by atoms with van der Waals surface area (Å²) in [7, 11) is 5.04. The van der Waals surface area contributed by atoms with Crippen molar-refractivity contribution < 1.29 is 19.1 Å². The Morgan fingerprint density at radius 3 is 2.52 bits per heavy atom. The van der Waals surface area contributed by atoms with E-state index in [-0.39, 0.29) is 24.4 Å². The predicted octanol–water partition coefficient (Wildman–Crippen LogP) is 2.67. The summed E-state index contributed by atoms with van der Waals surface area (Å²) < 4.78 is 10.8. The molecule has 2 N–H and O–H groups in total. The number of hydrogen-bond donors (Lipinski definition) is 2. The number of anilines is 1. The fourth-order valence-corrected chi connectivity index (χ4v) is 3.14. The highest BCUT2D eigenvalue weighted by Gasteiger charge is 2.25. The Morgan fingerprint density at radius 1 is 1.07 bits per heavy atom. The minimum Gasteiger partial charge on any atom is -0.493 e. The molecule has 0 heterocycles. The summed E-state index contributed by atoms with van der Waals surface area (Å²) >= 11 is 0. The molecule has 1 aliphatic carbocycles. The van der Waals surface area contributed by atoms with E-state index in [0.717, 1.165) is 18.4 Å². The maximum Gasteiger partial charge on any atom is 0.253 e. The molecule has 0 aliphatic heterocycles. The Balaban J connectivity index is 1.62. The van der Waals surface area contributed by atoms with Crippen LogP contribution >= 0.6 is 0 Å². The summed E-state index contributed by atoms with van der Waals surface area (Å²) in [4.78, 5) is 26.8. The summed E-state index contributed by atoms with van der Waals surface area (Å²) in [5.41, 5.74) is 1.92. The smallest absolute Gasteiger partial charge is 0.253 e. The fourth-order valence-electron chi connectivity index (χ4n) is 3.14. The van der Waals surface area contributed by atoms with Crippen LogP contribution in [0, 0.1) is 0 Å². The molecule has 0 aromatic heterocycles. The van der Waals surface area contributed by atoms with Gasteiger partial charge in [0.15, 0.2) is 11.5 Å². The van der Waals surface area contributed by atoms with Crippen molar-refractivity contribution >= 4 is 17.5 Å². The molecule has 3 rings (SSSR count). The Kier molecular flexibility index (Phi) is 6.72. The first kappa shape index (κ1) is 20.7. The number of benzene rings is 2. The lowest BCUT2D eigenvalue weighted by Gasteiger charge is -2.19. The number of nitrogens with zero attached hydrogens (tertiary/aromatic N) is 1. The number of carbonyl (C=O) groups excluding carboxylic acids is 2. The second kappa shape index (κ2) is 9.43. The normalized spacial score (nSPS) is 13.1. The molecule has 2 aromatic carbocycles. The van der Waals surface area contributed by atoms with Gasteiger partial charge in [0.1, 0.15) is 0 Å². The molecule has 154 valence electrons. The molecule has 7 nitrogen and oxygen atoms in total. The van der Waals surface area contributed by atoms with Crippen molar-refractivity contribution in [3.63, 3.8) is 0 Å². The van der Waals surface area contributed by atoms with Gasteiger partial charge >= 0.3 is 0 Å². The summed E-state index contributed by atoms with van der Waals surface area (Å²) in [6, 6.07) is 13.0. The van der Waals surface area contributed by atoms with Crippen molar-refractivity contribution in [2.24, 2.45) is 0 Å². The SMILES string of the molecule is COc1cccc(CN(C)CC(=O)Nc2ccccc2C(=O)NC2CC2)c1OC. The van der Waals surface area contributed by atoms with Crippen LogP contribution in [-0.4, -0.2) is 50.6 Å². The summed E-state index contributed by atoms with van der Waals surface area (Å²) in [6.45, 7) is 0.677. The number of ether oxygens (including phenoxy) is 2. The molecule has 1 aliphatic rings. The van der Waals surface area contributed by atoms with Crippen LogP contribution in [-0.2, 0) is 11.3 Å². The first-order valence-corrected chi connectivity index (χ1v) is 9.60. The molecular weight excluding hydrogens is 370 g/mol. The van der Waals surface area contributed by atoms with Gasteiger partial charge in [0, 0.05) is 18.2 Å². The van der Waals surface area contributed by atoms with Crippen molar-refractivity contribution in [1.82, 2.24) is 10.2 Å². The first-order valence-electron chi connectivity index (χ1n) is 9.60. The minimum atomic E-state index is -0.193. The van der Waals surface area contributed by atoms with E-state index in [9.17, 15) is 9.59 Å². The molecule has 2 aromatic rings. The zero-order chi connectivity index (χ0) is 20.8. The van der Waals surface area contributed by atoms with E-state index in [1.54, 1.807) is 38.5 Å². The molecule has 0 radical (unpaired) electrons. The van der Waals surface area contributed by atoms with Gasteiger partial charge < -0.3 is 20.1 Å². The maximum atomic E-state index is 12.6. The molecule has 2 amide bonds. The molecule has 0 atom stereocenters.